The maximum atomic E-state index is 10.6. The topological polar surface area (TPSA) is 248 Å². The molecule has 0 aromatic heterocycles. The molecule has 0 amide bonds. The standard InChI is InChI=1S/C18H32O15/c1-4-7(21)8(22)12(26)17(29-4)32-15-6(3-20)31-18(13(27)10(15)24)33-14-5(2-19)30-16(28)11(25)9(14)23/h4-28H,2-3H2,1H3/t4-,5+,6+,7+,8+,9+,10+,11+,12-,13+,14+,15-,16?,17-,18-/m0/s1. The van der Waals surface area contributed by atoms with Gasteiger partial charge in [0.15, 0.2) is 18.9 Å². The van der Waals surface area contributed by atoms with Crippen molar-refractivity contribution in [2.24, 2.45) is 0 Å². The number of hydrogen-bond donors (Lipinski definition) is 10. The quantitative estimate of drug-likeness (QED) is 0.167. The van der Waals surface area contributed by atoms with Crippen LogP contribution in [0.5, 0.6) is 0 Å². The molecule has 0 bridgehead atoms. The van der Waals surface area contributed by atoms with Crippen molar-refractivity contribution >= 4 is 0 Å². The van der Waals surface area contributed by atoms with E-state index < -0.39 is 105 Å². The molecule has 0 spiro atoms. The highest BCUT2D eigenvalue weighted by molar-refractivity contribution is 4.95. The molecule has 3 saturated heterocycles. The summed E-state index contributed by atoms with van der Waals surface area (Å²) >= 11 is 0. The molecule has 3 heterocycles. The Bertz CT molecular complexity index is 622. The van der Waals surface area contributed by atoms with E-state index in [9.17, 15) is 51.1 Å². The first kappa shape index (κ1) is 27.0. The molecule has 0 aliphatic carbocycles. The third kappa shape index (κ3) is 5.32. The van der Waals surface area contributed by atoms with Crippen molar-refractivity contribution in [3.8, 4) is 0 Å². The van der Waals surface area contributed by atoms with E-state index in [0.717, 1.165) is 0 Å². The molecule has 1 unspecified atom stereocenters. The normalized spacial score (nSPS) is 53.7. The zero-order valence-electron chi connectivity index (χ0n) is 17.6. The zero-order chi connectivity index (χ0) is 24.6. The van der Waals surface area contributed by atoms with E-state index in [1.807, 2.05) is 0 Å². The van der Waals surface area contributed by atoms with Gasteiger partial charge in [-0.05, 0) is 6.92 Å². The molecule has 3 rings (SSSR count). The van der Waals surface area contributed by atoms with Gasteiger partial charge in [0, 0.05) is 0 Å². The van der Waals surface area contributed by atoms with E-state index in [4.69, 9.17) is 23.7 Å². The lowest BCUT2D eigenvalue weighted by Crippen LogP contribution is -2.66. The van der Waals surface area contributed by atoms with E-state index in [1.54, 1.807) is 0 Å². The van der Waals surface area contributed by atoms with Gasteiger partial charge in [0.05, 0.1) is 19.3 Å². The second kappa shape index (κ2) is 11.0. The first-order valence-corrected chi connectivity index (χ1v) is 10.4. The Hall–Kier alpha value is -0.600. The highest BCUT2D eigenvalue weighted by Crippen LogP contribution is 2.32. The molecule has 33 heavy (non-hydrogen) atoms. The van der Waals surface area contributed by atoms with Crippen LogP contribution in [0.3, 0.4) is 0 Å². The number of rotatable bonds is 6. The fourth-order valence-electron chi connectivity index (χ4n) is 4.00. The summed E-state index contributed by atoms with van der Waals surface area (Å²) in [5.41, 5.74) is 0. The second-order valence-electron chi connectivity index (χ2n) is 8.32. The summed E-state index contributed by atoms with van der Waals surface area (Å²) in [5.74, 6) is 0. The van der Waals surface area contributed by atoms with Crippen molar-refractivity contribution < 1.29 is 74.7 Å². The van der Waals surface area contributed by atoms with Crippen molar-refractivity contribution in [2.75, 3.05) is 13.2 Å². The number of ether oxygens (including phenoxy) is 5. The predicted molar refractivity (Wildman–Crippen MR) is 99.8 cm³/mol. The van der Waals surface area contributed by atoms with Gasteiger partial charge in [0.1, 0.15) is 67.1 Å². The van der Waals surface area contributed by atoms with Crippen molar-refractivity contribution in [1.29, 1.82) is 0 Å². The van der Waals surface area contributed by atoms with Gasteiger partial charge >= 0.3 is 0 Å². The molecule has 15 nitrogen and oxygen atoms in total. The molecule has 15 heteroatoms. The zero-order valence-corrected chi connectivity index (χ0v) is 17.6. The Morgan fingerprint density at radius 1 is 0.545 bits per heavy atom. The molecular weight excluding hydrogens is 456 g/mol. The van der Waals surface area contributed by atoms with Crippen molar-refractivity contribution in [3.05, 3.63) is 0 Å². The lowest BCUT2D eigenvalue weighted by atomic mass is 9.96. The van der Waals surface area contributed by atoms with Crippen LogP contribution in [0, 0.1) is 0 Å². The van der Waals surface area contributed by atoms with Crippen LogP contribution >= 0.6 is 0 Å². The number of aliphatic hydroxyl groups excluding tert-OH is 10. The highest BCUT2D eigenvalue weighted by atomic mass is 16.7. The van der Waals surface area contributed by atoms with E-state index in [-0.39, 0.29) is 0 Å². The molecule has 0 aromatic carbocycles. The van der Waals surface area contributed by atoms with Crippen LogP contribution in [-0.2, 0) is 23.7 Å². The number of aliphatic hydroxyl groups is 10. The van der Waals surface area contributed by atoms with E-state index in [1.165, 1.54) is 6.92 Å². The molecule has 3 aliphatic heterocycles. The van der Waals surface area contributed by atoms with Crippen molar-refractivity contribution in [1.82, 2.24) is 0 Å². The lowest BCUT2D eigenvalue weighted by molar-refractivity contribution is -0.376. The molecule has 15 atom stereocenters. The summed E-state index contributed by atoms with van der Waals surface area (Å²) in [4.78, 5) is 0. The molecule has 0 saturated carbocycles. The maximum absolute atomic E-state index is 10.6. The first-order valence-electron chi connectivity index (χ1n) is 10.4. The van der Waals surface area contributed by atoms with Crippen LogP contribution in [0.2, 0.25) is 0 Å². The van der Waals surface area contributed by atoms with Crippen molar-refractivity contribution in [3.63, 3.8) is 0 Å². The first-order chi connectivity index (χ1) is 15.5. The third-order valence-corrected chi connectivity index (χ3v) is 6.05. The van der Waals surface area contributed by atoms with Gasteiger partial charge in [-0.25, -0.2) is 0 Å². The lowest BCUT2D eigenvalue weighted by Gasteiger charge is -2.47. The summed E-state index contributed by atoms with van der Waals surface area (Å²) in [5, 5.41) is 99.7. The Labute approximate surface area is 187 Å². The summed E-state index contributed by atoms with van der Waals surface area (Å²) in [6.45, 7) is -0.103. The van der Waals surface area contributed by atoms with E-state index in [0.29, 0.717) is 0 Å². The van der Waals surface area contributed by atoms with Gasteiger partial charge in [-0.15, -0.1) is 0 Å². The maximum Gasteiger partial charge on any atom is 0.187 e. The van der Waals surface area contributed by atoms with Crippen LogP contribution < -0.4 is 0 Å². The third-order valence-electron chi connectivity index (χ3n) is 6.05. The number of hydrogen-bond acceptors (Lipinski definition) is 15. The largest absolute Gasteiger partial charge is 0.394 e. The van der Waals surface area contributed by atoms with E-state index >= 15 is 0 Å². The fourth-order valence-corrected chi connectivity index (χ4v) is 4.00. The summed E-state index contributed by atoms with van der Waals surface area (Å²) in [7, 11) is 0. The average Bonchev–Trinajstić information content (AvgIpc) is 2.80. The fraction of sp³-hybridized carbons (Fsp3) is 1.00. The van der Waals surface area contributed by atoms with Crippen LogP contribution in [0.4, 0.5) is 0 Å². The monoisotopic (exact) mass is 488 g/mol. The molecule has 0 radical (unpaired) electrons. The molecule has 194 valence electrons. The van der Waals surface area contributed by atoms with Gasteiger partial charge in [0.2, 0.25) is 0 Å². The van der Waals surface area contributed by atoms with Gasteiger partial charge < -0.3 is 74.7 Å². The van der Waals surface area contributed by atoms with Crippen LogP contribution in [-0.4, -0.2) is 156 Å². The predicted octanol–water partition coefficient (Wildman–Crippen LogP) is -6.55. The highest BCUT2D eigenvalue weighted by Gasteiger charge is 2.52. The molecule has 10 N–H and O–H groups in total. The van der Waals surface area contributed by atoms with Crippen molar-refractivity contribution in [2.45, 2.75) is 99.0 Å². The Morgan fingerprint density at radius 2 is 1.00 bits per heavy atom. The molecule has 0 aromatic rings. The summed E-state index contributed by atoms with van der Waals surface area (Å²) in [6, 6.07) is 0. The average molecular weight is 488 g/mol. The Balaban J connectivity index is 1.71. The summed E-state index contributed by atoms with van der Waals surface area (Å²) in [6.07, 6.45) is -23.7. The van der Waals surface area contributed by atoms with Crippen LogP contribution in [0.1, 0.15) is 6.92 Å². The smallest absolute Gasteiger partial charge is 0.187 e. The van der Waals surface area contributed by atoms with Crippen LogP contribution in [0.25, 0.3) is 0 Å². The molecule has 3 fully saturated rings. The SMILES string of the molecule is C[C@@H]1O[C@@H](O[C@@H]2[C@H](O)[C@@H](O)[C@H](O[C@H]3[C@H](O)[C@@H](O)C(O)O[C@@H]3CO)O[C@@H]2CO)[C@@H](O)[C@H](O)[C@@H]1O. The second-order valence-corrected chi connectivity index (χ2v) is 8.32. The van der Waals surface area contributed by atoms with E-state index in [2.05, 4.69) is 0 Å². The van der Waals surface area contributed by atoms with Gasteiger partial charge in [-0.1, -0.05) is 0 Å². The van der Waals surface area contributed by atoms with Gasteiger partial charge in [-0.2, -0.15) is 0 Å². The van der Waals surface area contributed by atoms with Gasteiger partial charge in [0.25, 0.3) is 0 Å². The summed E-state index contributed by atoms with van der Waals surface area (Å²) < 4.78 is 26.6. The Kier molecular flexibility index (Phi) is 8.99. The minimum Gasteiger partial charge on any atom is -0.394 e. The van der Waals surface area contributed by atoms with Gasteiger partial charge in [-0.3, -0.25) is 0 Å². The minimum absolute atomic E-state index is 0.741. The van der Waals surface area contributed by atoms with Crippen LogP contribution in [0.15, 0.2) is 0 Å². The Morgan fingerprint density at radius 3 is 1.55 bits per heavy atom. The minimum atomic E-state index is -1.86. The molecular formula is C18H32O15. The molecule has 3 aliphatic rings.